The monoisotopic (exact) mass is 331 g/mol. The van der Waals surface area contributed by atoms with Crippen LogP contribution in [-0.2, 0) is 15.7 Å². The second-order valence-corrected chi connectivity index (χ2v) is 4.26. The summed E-state index contributed by atoms with van der Waals surface area (Å²) < 4.78 is 42.4. The number of alkyl halides is 3. The van der Waals surface area contributed by atoms with Gasteiger partial charge in [0.2, 0.25) is 0 Å². The molecular formula is C12H14Cl2F3NO2. The molecule has 0 aromatic heterocycles. The third-order valence-corrected chi connectivity index (χ3v) is 2.76. The van der Waals surface area contributed by atoms with Crippen molar-refractivity contribution in [1.82, 2.24) is 0 Å². The molecule has 8 heteroatoms. The molecule has 0 radical (unpaired) electrons. The molecule has 0 saturated carbocycles. The SMILES string of the molecule is CCOC(=O)C[C@@H](N)c1cc(C(F)(F)F)ccc1Cl.Cl. The minimum Gasteiger partial charge on any atom is -0.466 e. The molecule has 2 N–H and O–H groups in total. The molecule has 0 aliphatic heterocycles. The number of esters is 1. The molecular weight excluding hydrogens is 318 g/mol. The molecule has 1 aromatic carbocycles. The molecule has 0 heterocycles. The quantitative estimate of drug-likeness (QED) is 0.855. The number of hydrogen-bond donors (Lipinski definition) is 1. The first-order valence-corrected chi connectivity index (χ1v) is 5.91. The highest BCUT2D eigenvalue weighted by Crippen LogP contribution is 2.33. The molecule has 0 unspecified atom stereocenters. The fourth-order valence-electron chi connectivity index (χ4n) is 1.51. The number of halogens is 5. The molecule has 0 saturated heterocycles. The summed E-state index contributed by atoms with van der Waals surface area (Å²) in [5.41, 5.74) is 4.90. The molecule has 0 spiro atoms. The molecule has 0 bridgehead atoms. The Kier molecular flexibility index (Phi) is 7.33. The zero-order chi connectivity index (χ0) is 14.6. The maximum atomic E-state index is 12.6. The Bertz CT molecular complexity index is 467. The topological polar surface area (TPSA) is 52.3 Å². The number of carbonyl (C=O) groups is 1. The highest BCUT2D eigenvalue weighted by atomic mass is 35.5. The van der Waals surface area contributed by atoms with Gasteiger partial charge in [0.25, 0.3) is 0 Å². The van der Waals surface area contributed by atoms with Crippen molar-refractivity contribution in [2.75, 3.05) is 6.61 Å². The van der Waals surface area contributed by atoms with E-state index in [0.29, 0.717) is 0 Å². The number of nitrogens with two attached hydrogens (primary N) is 1. The lowest BCUT2D eigenvalue weighted by Crippen LogP contribution is -2.18. The summed E-state index contributed by atoms with van der Waals surface area (Å²) >= 11 is 5.80. The summed E-state index contributed by atoms with van der Waals surface area (Å²) in [7, 11) is 0. The van der Waals surface area contributed by atoms with Gasteiger partial charge in [0.15, 0.2) is 0 Å². The first-order chi connectivity index (χ1) is 8.75. The van der Waals surface area contributed by atoms with Crippen LogP contribution in [0.1, 0.15) is 30.5 Å². The Morgan fingerprint density at radius 2 is 2.05 bits per heavy atom. The fourth-order valence-corrected chi connectivity index (χ4v) is 1.77. The first-order valence-electron chi connectivity index (χ1n) is 5.53. The van der Waals surface area contributed by atoms with Crippen LogP contribution in [0.5, 0.6) is 0 Å². The number of carbonyl (C=O) groups excluding carboxylic acids is 1. The summed E-state index contributed by atoms with van der Waals surface area (Å²) in [5.74, 6) is -0.580. The van der Waals surface area contributed by atoms with Crippen LogP contribution in [0.2, 0.25) is 5.02 Å². The van der Waals surface area contributed by atoms with E-state index < -0.39 is 23.8 Å². The number of ether oxygens (including phenoxy) is 1. The Labute approximate surface area is 125 Å². The predicted molar refractivity (Wildman–Crippen MR) is 71.9 cm³/mol. The zero-order valence-corrected chi connectivity index (χ0v) is 12.1. The van der Waals surface area contributed by atoms with Gasteiger partial charge in [-0.25, -0.2) is 0 Å². The van der Waals surface area contributed by atoms with Crippen molar-refractivity contribution in [2.24, 2.45) is 5.73 Å². The van der Waals surface area contributed by atoms with Crippen LogP contribution in [0.4, 0.5) is 13.2 Å². The summed E-state index contributed by atoms with van der Waals surface area (Å²) in [6, 6.07) is 1.90. The van der Waals surface area contributed by atoms with E-state index in [9.17, 15) is 18.0 Å². The van der Waals surface area contributed by atoms with E-state index in [1.807, 2.05) is 0 Å². The number of rotatable bonds is 4. The van der Waals surface area contributed by atoms with Crippen LogP contribution in [0.3, 0.4) is 0 Å². The van der Waals surface area contributed by atoms with Crippen LogP contribution in [-0.4, -0.2) is 12.6 Å². The molecule has 114 valence electrons. The smallest absolute Gasteiger partial charge is 0.416 e. The van der Waals surface area contributed by atoms with Gasteiger partial charge in [-0.15, -0.1) is 12.4 Å². The normalized spacial score (nSPS) is 12.5. The highest BCUT2D eigenvalue weighted by Gasteiger charge is 2.31. The maximum absolute atomic E-state index is 12.6. The van der Waals surface area contributed by atoms with Gasteiger partial charge in [0.1, 0.15) is 0 Å². The van der Waals surface area contributed by atoms with E-state index in [1.165, 1.54) is 0 Å². The van der Waals surface area contributed by atoms with Crippen molar-refractivity contribution in [3.63, 3.8) is 0 Å². The molecule has 1 aromatic rings. The third kappa shape index (κ3) is 5.19. The van der Waals surface area contributed by atoms with Gasteiger partial charge < -0.3 is 10.5 Å². The molecule has 20 heavy (non-hydrogen) atoms. The summed E-state index contributed by atoms with van der Waals surface area (Å²) in [5, 5.41) is 0.0878. The van der Waals surface area contributed by atoms with E-state index in [0.717, 1.165) is 18.2 Å². The molecule has 0 amide bonds. The molecule has 1 rings (SSSR count). The average Bonchev–Trinajstić information content (AvgIpc) is 2.27. The molecule has 0 aliphatic rings. The number of benzene rings is 1. The highest BCUT2D eigenvalue weighted by molar-refractivity contribution is 6.31. The maximum Gasteiger partial charge on any atom is 0.416 e. The van der Waals surface area contributed by atoms with Crippen LogP contribution in [0.15, 0.2) is 18.2 Å². The van der Waals surface area contributed by atoms with Gasteiger partial charge in [-0.1, -0.05) is 11.6 Å². The zero-order valence-electron chi connectivity index (χ0n) is 10.5. The molecule has 1 atom stereocenters. The molecule has 3 nitrogen and oxygen atoms in total. The van der Waals surface area contributed by atoms with Gasteiger partial charge in [-0.2, -0.15) is 13.2 Å². The summed E-state index contributed by atoms with van der Waals surface area (Å²) in [6.07, 6.45) is -4.71. The van der Waals surface area contributed by atoms with Crippen LogP contribution in [0.25, 0.3) is 0 Å². The first kappa shape index (κ1) is 19.0. The Balaban J connectivity index is 0.00000361. The van der Waals surface area contributed by atoms with E-state index in [2.05, 4.69) is 4.74 Å². The van der Waals surface area contributed by atoms with Gasteiger partial charge in [0, 0.05) is 11.1 Å². The van der Waals surface area contributed by atoms with E-state index in [1.54, 1.807) is 6.92 Å². The van der Waals surface area contributed by atoms with E-state index in [-0.39, 0.29) is 36.0 Å². The van der Waals surface area contributed by atoms with Crippen molar-refractivity contribution >= 4 is 30.0 Å². The van der Waals surface area contributed by atoms with Crippen molar-refractivity contribution in [2.45, 2.75) is 25.6 Å². The minimum absolute atomic E-state index is 0. The lowest BCUT2D eigenvalue weighted by Gasteiger charge is -2.15. The lowest BCUT2D eigenvalue weighted by atomic mass is 10.0. The second-order valence-electron chi connectivity index (χ2n) is 3.85. The standard InChI is InChI=1S/C12H13ClF3NO2.ClH/c1-2-19-11(18)6-10(17)8-5-7(12(14,15)16)3-4-9(8)13;/h3-5,10H,2,6,17H2,1H3;1H/t10-;/m1./s1. The van der Waals surface area contributed by atoms with Crippen molar-refractivity contribution < 1.29 is 22.7 Å². The van der Waals surface area contributed by atoms with Crippen molar-refractivity contribution in [3.05, 3.63) is 34.3 Å². The lowest BCUT2D eigenvalue weighted by molar-refractivity contribution is -0.143. The third-order valence-electron chi connectivity index (χ3n) is 2.41. The van der Waals surface area contributed by atoms with Crippen LogP contribution in [0, 0.1) is 0 Å². The minimum atomic E-state index is -4.48. The Morgan fingerprint density at radius 1 is 1.45 bits per heavy atom. The van der Waals surface area contributed by atoms with Gasteiger partial charge >= 0.3 is 12.1 Å². The van der Waals surface area contributed by atoms with Gasteiger partial charge in [0.05, 0.1) is 18.6 Å². The van der Waals surface area contributed by atoms with Crippen LogP contribution < -0.4 is 5.73 Å². The molecule has 0 fully saturated rings. The number of hydrogen-bond acceptors (Lipinski definition) is 3. The van der Waals surface area contributed by atoms with Crippen molar-refractivity contribution in [3.8, 4) is 0 Å². The van der Waals surface area contributed by atoms with Crippen LogP contribution >= 0.6 is 24.0 Å². The summed E-state index contributed by atoms with van der Waals surface area (Å²) in [6.45, 7) is 1.81. The average molecular weight is 332 g/mol. The Hall–Kier alpha value is -0.980. The van der Waals surface area contributed by atoms with Gasteiger partial charge in [-0.3, -0.25) is 4.79 Å². The molecule has 0 aliphatic carbocycles. The summed E-state index contributed by atoms with van der Waals surface area (Å²) in [4.78, 5) is 11.3. The fraction of sp³-hybridized carbons (Fsp3) is 0.417. The largest absolute Gasteiger partial charge is 0.466 e. The van der Waals surface area contributed by atoms with E-state index >= 15 is 0 Å². The Morgan fingerprint density at radius 3 is 2.55 bits per heavy atom. The van der Waals surface area contributed by atoms with Crippen molar-refractivity contribution in [1.29, 1.82) is 0 Å². The predicted octanol–water partition coefficient (Wildman–Crippen LogP) is 3.73. The second kappa shape index (κ2) is 7.71. The van der Waals surface area contributed by atoms with E-state index in [4.69, 9.17) is 17.3 Å². The van der Waals surface area contributed by atoms with Gasteiger partial charge in [-0.05, 0) is 30.7 Å².